The summed E-state index contributed by atoms with van der Waals surface area (Å²) < 4.78 is 12.5. The van der Waals surface area contributed by atoms with Crippen molar-refractivity contribution >= 4 is 5.91 Å². The lowest BCUT2D eigenvalue weighted by atomic mass is 9.67. The van der Waals surface area contributed by atoms with E-state index in [0.717, 1.165) is 25.2 Å². The molecule has 1 aliphatic carbocycles. The molecular formula is C20H27N5O3. The summed E-state index contributed by atoms with van der Waals surface area (Å²) in [6.45, 7) is 1.37. The molecule has 1 unspecified atom stereocenters. The molecule has 0 aromatic carbocycles. The first-order chi connectivity index (χ1) is 13.6. The molecule has 2 fully saturated rings. The van der Waals surface area contributed by atoms with Crippen LogP contribution in [0, 0.1) is 5.41 Å². The summed E-state index contributed by atoms with van der Waals surface area (Å²) in [4.78, 5) is 19.6. The number of likely N-dealkylation sites (tertiary alicyclic amines) is 1. The summed E-state index contributed by atoms with van der Waals surface area (Å²) in [5, 5.41) is 8.48. The second-order valence-corrected chi connectivity index (χ2v) is 7.87. The van der Waals surface area contributed by atoms with Crippen molar-refractivity contribution in [1.82, 2.24) is 24.6 Å². The second kappa shape index (κ2) is 7.41. The average molecular weight is 385 g/mol. The summed E-state index contributed by atoms with van der Waals surface area (Å²) in [5.74, 6) is 1.83. The van der Waals surface area contributed by atoms with E-state index in [9.17, 15) is 4.79 Å². The van der Waals surface area contributed by atoms with E-state index in [1.54, 1.807) is 25.6 Å². The van der Waals surface area contributed by atoms with Crippen molar-refractivity contribution in [2.45, 2.75) is 38.0 Å². The van der Waals surface area contributed by atoms with Crippen LogP contribution in [0.1, 0.15) is 54.2 Å². The zero-order valence-corrected chi connectivity index (χ0v) is 16.7. The number of carbonyl (C=O) groups excluding carboxylic acids is 1. The molecule has 0 radical (unpaired) electrons. The highest BCUT2D eigenvalue weighted by molar-refractivity contribution is 5.96. The van der Waals surface area contributed by atoms with Gasteiger partial charge < -0.3 is 18.9 Å². The minimum atomic E-state index is -0.0541. The van der Waals surface area contributed by atoms with E-state index >= 15 is 0 Å². The Kier molecular flexibility index (Phi) is 4.95. The zero-order chi connectivity index (χ0) is 19.7. The normalized spacial score (nSPS) is 21.1. The van der Waals surface area contributed by atoms with Gasteiger partial charge in [-0.15, -0.1) is 10.2 Å². The number of amides is 1. The molecule has 3 heterocycles. The van der Waals surface area contributed by atoms with Crippen LogP contribution in [0.15, 0.2) is 18.5 Å². The number of aromatic nitrogens is 4. The highest BCUT2D eigenvalue weighted by Gasteiger charge is 2.50. The molecule has 28 heavy (non-hydrogen) atoms. The van der Waals surface area contributed by atoms with Crippen LogP contribution in [0.4, 0.5) is 0 Å². The lowest BCUT2D eigenvalue weighted by Gasteiger charge is -2.37. The predicted octanol–water partition coefficient (Wildman–Crippen LogP) is 2.42. The SMILES string of the molecule is COc1ccc(C(=O)N2CC(c3nncn3C)C3(CCCCC3)C2)c(OC)n1. The minimum Gasteiger partial charge on any atom is -0.481 e. The van der Waals surface area contributed by atoms with Gasteiger partial charge in [0.2, 0.25) is 11.8 Å². The van der Waals surface area contributed by atoms with Crippen molar-refractivity contribution in [2.75, 3.05) is 27.3 Å². The Hall–Kier alpha value is -2.64. The zero-order valence-electron chi connectivity index (χ0n) is 16.7. The number of aryl methyl sites for hydroxylation is 1. The molecule has 1 amide bonds. The van der Waals surface area contributed by atoms with Crippen molar-refractivity contribution < 1.29 is 14.3 Å². The topological polar surface area (TPSA) is 82.4 Å². The first-order valence-electron chi connectivity index (χ1n) is 9.80. The van der Waals surface area contributed by atoms with Crippen LogP contribution in [-0.2, 0) is 7.05 Å². The van der Waals surface area contributed by atoms with E-state index in [4.69, 9.17) is 9.47 Å². The molecule has 150 valence electrons. The Bertz CT molecular complexity index is 859. The summed E-state index contributed by atoms with van der Waals surface area (Å²) in [6, 6.07) is 3.43. The van der Waals surface area contributed by atoms with Gasteiger partial charge in [-0.05, 0) is 24.3 Å². The highest BCUT2D eigenvalue weighted by atomic mass is 16.5. The fourth-order valence-electron chi connectivity index (χ4n) is 4.88. The van der Waals surface area contributed by atoms with E-state index < -0.39 is 0 Å². The van der Waals surface area contributed by atoms with E-state index in [-0.39, 0.29) is 17.2 Å². The molecular weight excluding hydrogens is 358 g/mol. The molecule has 1 spiro atoms. The van der Waals surface area contributed by atoms with Crippen molar-refractivity contribution in [1.29, 1.82) is 0 Å². The molecule has 2 aliphatic rings. The third-order valence-corrected chi connectivity index (χ3v) is 6.31. The maximum atomic E-state index is 13.4. The van der Waals surface area contributed by atoms with Crippen molar-refractivity contribution in [3.05, 3.63) is 29.8 Å². The summed E-state index contributed by atoms with van der Waals surface area (Å²) >= 11 is 0. The lowest BCUT2D eigenvalue weighted by Crippen LogP contribution is -2.34. The second-order valence-electron chi connectivity index (χ2n) is 7.87. The van der Waals surface area contributed by atoms with E-state index in [2.05, 4.69) is 15.2 Å². The van der Waals surface area contributed by atoms with Crippen LogP contribution in [0.25, 0.3) is 0 Å². The maximum Gasteiger partial charge on any atom is 0.259 e. The number of methoxy groups -OCH3 is 2. The average Bonchev–Trinajstić information content (AvgIpc) is 3.30. The predicted molar refractivity (Wildman–Crippen MR) is 103 cm³/mol. The number of carbonyl (C=O) groups is 1. The summed E-state index contributed by atoms with van der Waals surface area (Å²) in [6.07, 6.45) is 7.64. The minimum absolute atomic E-state index is 0.0541. The third-order valence-electron chi connectivity index (χ3n) is 6.31. The van der Waals surface area contributed by atoms with Crippen molar-refractivity contribution in [2.24, 2.45) is 12.5 Å². The van der Waals surface area contributed by atoms with Crippen molar-refractivity contribution in [3.8, 4) is 11.8 Å². The standard InChI is InChI=1S/C20H27N5O3/c1-24-13-21-23-17(24)15-11-25(12-20(15)9-5-4-6-10-20)19(26)14-7-8-16(27-2)22-18(14)28-3/h7-8,13,15H,4-6,9-12H2,1-3H3. The van der Waals surface area contributed by atoms with Gasteiger partial charge in [-0.25, -0.2) is 0 Å². The number of hydrogen-bond donors (Lipinski definition) is 0. The maximum absolute atomic E-state index is 13.4. The molecule has 0 N–H and O–H groups in total. The lowest BCUT2D eigenvalue weighted by molar-refractivity contribution is 0.0754. The Balaban J connectivity index is 1.66. The fraction of sp³-hybridized carbons (Fsp3) is 0.600. The molecule has 1 saturated carbocycles. The van der Waals surface area contributed by atoms with Crippen LogP contribution in [-0.4, -0.2) is 57.9 Å². The first-order valence-corrected chi connectivity index (χ1v) is 9.80. The van der Waals surface area contributed by atoms with Crippen LogP contribution in [0.2, 0.25) is 0 Å². The Morgan fingerprint density at radius 3 is 2.61 bits per heavy atom. The van der Waals surface area contributed by atoms with Crippen molar-refractivity contribution in [3.63, 3.8) is 0 Å². The monoisotopic (exact) mass is 385 g/mol. The number of ether oxygens (including phenoxy) is 2. The Morgan fingerprint density at radius 2 is 1.96 bits per heavy atom. The van der Waals surface area contributed by atoms with Crippen LogP contribution < -0.4 is 9.47 Å². The van der Waals surface area contributed by atoms with Gasteiger partial charge in [0.15, 0.2) is 0 Å². The largest absolute Gasteiger partial charge is 0.481 e. The van der Waals surface area contributed by atoms with Gasteiger partial charge in [0, 0.05) is 32.1 Å². The van der Waals surface area contributed by atoms with Crippen LogP contribution >= 0.6 is 0 Å². The molecule has 1 saturated heterocycles. The molecule has 1 aliphatic heterocycles. The van der Waals surface area contributed by atoms with Gasteiger partial charge in [-0.3, -0.25) is 4.79 Å². The first kappa shape index (κ1) is 18.7. The number of rotatable bonds is 4. The van der Waals surface area contributed by atoms with E-state index in [0.29, 0.717) is 23.9 Å². The van der Waals surface area contributed by atoms with Gasteiger partial charge in [0.05, 0.1) is 14.2 Å². The van der Waals surface area contributed by atoms with E-state index in [1.807, 2.05) is 16.5 Å². The Labute approximate surface area is 164 Å². The Morgan fingerprint density at radius 1 is 1.18 bits per heavy atom. The molecule has 1 atom stereocenters. The molecule has 4 rings (SSSR count). The van der Waals surface area contributed by atoms with Crippen LogP contribution in [0.3, 0.4) is 0 Å². The summed E-state index contributed by atoms with van der Waals surface area (Å²) in [7, 11) is 5.04. The molecule has 2 aromatic rings. The third kappa shape index (κ3) is 3.10. The summed E-state index contributed by atoms with van der Waals surface area (Å²) in [5.41, 5.74) is 0.537. The molecule has 0 bridgehead atoms. The van der Waals surface area contributed by atoms with Gasteiger partial charge in [0.1, 0.15) is 17.7 Å². The number of pyridine rings is 1. The smallest absolute Gasteiger partial charge is 0.259 e. The van der Waals surface area contributed by atoms with Gasteiger partial charge in [-0.2, -0.15) is 4.98 Å². The van der Waals surface area contributed by atoms with E-state index in [1.165, 1.54) is 26.4 Å². The van der Waals surface area contributed by atoms with Gasteiger partial charge in [0.25, 0.3) is 5.91 Å². The number of nitrogens with zero attached hydrogens (tertiary/aromatic N) is 5. The number of hydrogen-bond acceptors (Lipinski definition) is 6. The van der Waals surface area contributed by atoms with Crippen LogP contribution in [0.5, 0.6) is 11.8 Å². The van der Waals surface area contributed by atoms with Gasteiger partial charge >= 0.3 is 0 Å². The fourth-order valence-corrected chi connectivity index (χ4v) is 4.88. The van der Waals surface area contributed by atoms with Gasteiger partial charge in [-0.1, -0.05) is 19.3 Å². The molecule has 8 heteroatoms. The highest BCUT2D eigenvalue weighted by Crippen LogP contribution is 2.51. The quantitative estimate of drug-likeness (QED) is 0.804. The molecule has 8 nitrogen and oxygen atoms in total. The molecule has 2 aromatic heterocycles.